The lowest BCUT2D eigenvalue weighted by Crippen LogP contribution is -2.30. The summed E-state index contributed by atoms with van der Waals surface area (Å²) in [6.07, 6.45) is -8.50. The maximum atomic E-state index is 12.3. The van der Waals surface area contributed by atoms with Gasteiger partial charge in [0.05, 0.1) is 10.7 Å². The minimum Gasteiger partial charge on any atom is -0.444 e. The van der Waals surface area contributed by atoms with Crippen molar-refractivity contribution in [2.24, 2.45) is 0 Å². The highest BCUT2D eigenvalue weighted by atomic mass is 35.5. The number of rotatable bonds is 3. The van der Waals surface area contributed by atoms with Crippen molar-refractivity contribution in [3.63, 3.8) is 0 Å². The number of hydrogen-bond donors (Lipinski definition) is 2. The van der Waals surface area contributed by atoms with Gasteiger partial charge in [0.15, 0.2) is 6.10 Å². The number of anilines is 1. The number of halogens is 4. The van der Waals surface area contributed by atoms with Gasteiger partial charge in [0.25, 0.3) is 0 Å². The van der Waals surface area contributed by atoms with Crippen molar-refractivity contribution in [1.82, 2.24) is 0 Å². The van der Waals surface area contributed by atoms with Gasteiger partial charge in [-0.25, -0.2) is 4.79 Å². The molecule has 1 unspecified atom stereocenters. The Morgan fingerprint density at radius 2 is 1.95 bits per heavy atom. The fraction of sp³-hybridized carbons (Fsp3) is 0.500. The molecule has 0 aliphatic heterocycles. The van der Waals surface area contributed by atoms with Gasteiger partial charge in [-0.15, -0.1) is 0 Å². The van der Waals surface area contributed by atoms with E-state index in [1.165, 1.54) is 18.2 Å². The van der Waals surface area contributed by atoms with E-state index in [0.29, 0.717) is 0 Å². The molecular formula is C14H17ClF3NO3. The van der Waals surface area contributed by atoms with Crippen molar-refractivity contribution >= 4 is 23.4 Å². The monoisotopic (exact) mass is 339 g/mol. The predicted octanol–water partition coefficient (Wildman–Crippen LogP) is 4.15. The second-order valence-corrected chi connectivity index (χ2v) is 6.11. The van der Waals surface area contributed by atoms with Gasteiger partial charge in [0.2, 0.25) is 0 Å². The molecule has 0 aliphatic carbocycles. The number of amides is 1. The number of ether oxygens (including phenoxy) is 1. The summed E-state index contributed by atoms with van der Waals surface area (Å²) in [4.78, 5) is 11.6. The molecule has 124 valence electrons. The molecule has 0 aromatic heterocycles. The highest BCUT2D eigenvalue weighted by Gasteiger charge is 2.38. The van der Waals surface area contributed by atoms with E-state index in [1.807, 2.05) is 0 Å². The Bertz CT molecular complexity index is 541. The number of aliphatic hydroxyl groups is 1. The van der Waals surface area contributed by atoms with Crippen molar-refractivity contribution in [1.29, 1.82) is 0 Å². The molecule has 22 heavy (non-hydrogen) atoms. The maximum absolute atomic E-state index is 12.3. The van der Waals surface area contributed by atoms with E-state index in [-0.39, 0.29) is 16.3 Å². The Labute approximate surface area is 131 Å². The summed E-state index contributed by atoms with van der Waals surface area (Å²) in [5.74, 6) is 0. The average molecular weight is 340 g/mol. The highest BCUT2D eigenvalue weighted by Crippen LogP contribution is 2.27. The van der Waals surface area contributed by atoms with E-state index in [0.717, 1.165) is 0 Å². The molecule has 1 amide bonds. The quantitative estimate of drug-likeness (QED) is 0.869. The van der Waals surface area contributed by atoms with E-state index in [4.69, 9.17) is 21.4 Å². The van der Waals surface area contributed by atoms with Crippen molar-refractivity contribution in [2.75, 3.05) is 5.32 Å². The maximum Gasteiger partial charge on any atom is 0.414 e. The summed E-state index contributed by atoms with van der Waals surface area (Å²) in [6.45, 7) is 5.07. The van der Waals surface area contributed by atoms with Crippen LogP contribution in [-0.4, -0.2) is 29.1 Å². The minimum atomic E-state index is -4.69. The lowest BCUT2D eigenvalue weighted by molar-refractivity contribution is -0.203. The number of alkyl halides is 3. The summed E-state index contributed by atoms with van der Waals surface area (Å²) in [5.41, 5.74) is -0.279. The Morgan fingerprint density at radius 3 is 2.41 bits per heavy atom. The van der Waals surface area contributed by atoms with Crippen LogP contribution in [0.15, 0.2) is 18.2 Å². The molecule has 1 atom stereocenters. The van der Waals surface area contributed by atoms with Gasteiger partial charge in [-0.3, -0.25) is 5.32 Å². The van der Waals surface area contributed by atoms with Crippen molar-refractivity contribution in [3.8, 4) is 0 Å². The number of aliphatic hydroxyl groups excluding tert-OH is 1. The first-order chi connectivity index (χ1) is 9.88. The number of nitrogens with one attached hydrogen (secondary N) is 1. The molecule has 4 nitrogen and oxygen atoms in total. The first kappa shape index (κ1) is 18.6. The van der Waals surface area contributed by atoms with Crippen LogP contribution in [0.3, 0.4) is 0 Å². The molecule has 1 aromatic carbocycles. The van der Waals surface area contributed by atoms with E-state index in [1.54, 1.807) is 20.8 Å². The summed E-state index contributed by atoms with van der Waals surface area (Å²) in [6, 6.07) is 3.95. The van der Waals surface area contributed by atoms with E-state index >= 15 is 0 Å². The van der Waals surface area contributed by atoms with Crippen LogP contribution in [0.4, 0.5) is 23.7 Å². The molecule has 0 bridgehead atoms. The molecular weight excluding hydrogens is 323 g/mol. The first-order valence-electron chi connectivity index (χ1n) is 6.42. The molecule has 0 aliphatic rings. The Kier molecular flexibility index (Phi) is 5.70. The number of carbonyl (C=O) groups is 1. The molecule has 0 saturated carbocycles. The summed E-state index contributed by atoms with van der Waals surface area (Å²) in [5, 5.41) is 11.5. The van der Waals surface area contributed by atoms with E-state index in [9.17, 15) is 18.0 Å². The van der Waals surface area contributed by atoms with Crippen LogP contribution in [0.5, 0.6) is 0 Å². The largest absolute Gasteiger partial charge is 0.444 e. The molecule has 0 fully saturated rings. The molecule has 2 N–H and O–H groups in total. The zero-order valence-corrected chi connectivity index (χ0v) is 13.0. The topological polar surface area (TPSA) is 58.6 Å². The number of benzene rings is 1. The lowest BCUT2D eigenvalue weighted by Gasteiger charge is -2.20. The zero-order valence-electron chi connectivity index (χ0n) is 12.3. The molecule has 0 saturated heterocycles. The van der Waals surface area contributed by atoms with Gasteiger partial charge in [0.1, 0.15) is 5.60 Å². The molecule has 1 aromatic rings. The van der Waals surface area contributed by atoms with Gasteiger partial charge in [-0.1, -0.05) is 17.7 Å². The summed E-state index contributed by atoms with van der Waals surface area (Å²) in [7, 11) is 0. The third kappa shape index (κ3) is 6.11. The van der Waals surface area contributed by atoms with Gasteiger partial charge in [-0.2, -0.15) is 13.2 Å². The first-order valence-corrected chi connectivity index (χ1v) is 6.79. The van der Waals surface area contributed by atoms with Crippen molar-refractivity contribution < 1.29 is 27.8 Å². The van der Waals surface area contributed by atoms with E-state index < -0.39 is 30.4 Å². The third-order valence-corrected chi connectivity index (χ3v) is 2.79. The van der Waals surface area contributed by atoms with Crippen LogP contribution >= 0.6 is 11.6 Å². The van der Waals surface area contributed by atoms with Crippen molar-refractivity contribution in [2.45, 2.75) is 45.1 Å². The molecule has 0 heterocycles. The van der Waals surface area contributed by atoms with Crippen LogP contribution in [0.25, 0.3) is 0 Å². The van der Waals surface area contributed by atoms with Gasteiger partial charge in [0, 0.05) is 6.42 Å². The summed E-state index contributed by atoms with van der Waals surface area (Å²) < 4.78 is 41.9. The van der Waals surface area contributed by atoms with Gasteiger partial charge >= 0.3 is 12.3 Å². The second kappa shape index (κ2) is 6.75. The van der Waals surface area contributed by atoms with Gasteiger partial charge in [-0.05, 0) is 38.5 Å². The van der Waals surface area contributed by atoms with Gasteiger partial charge < -0.3 is 9.84 Å². The smallest absolute Gasteiger partial charge is 0.414 e. The molecule has 0 radical (unpaired) electrons. The number of hydrogen-bond acceptors (Lipinski definition) is 3. The zero-order chi connectivity index (χ0) is 17.1. The number of carbonyl (C=O) groups excluding carboxylic acids is 1. The van der Waals surface area contributed by atoms with Crippen molar-refractivity contribution in [3.05, 3.63) is 28.8 Å². The van der Waals surface area contributed by atoms with E-state index in [2.05, 4.69) is 5.32 Å². The van der Waals surface area contributed by atoms with Crippen LogP contribution < -0.4 is 5.32 Å². The molecule has 8 heteroatoms. The highest BCUT2D eigenvalue weighted by molar-refractivity contribution is 6.33. The third-order valence-electron chi connectivity index (χ3n) is 2.48. The fourth-order valence-electron chi connectivity index (χ4n) is 1.54. The summed E-state index contributed by atoms with van der Waals surface area (Å²) >= 11 is 5.91. The lowest BCUT2D eigenvalue weighted by atomic mass is 10.1. The SMILES string of the molecule is CC(C)(C)OC(=O)Nc1ccc(CC(O)C(F)(F)F)cc1Cl. The fourth-order valence-corrected chi connectivity index (χ4v) is 1.79. The minimum absolute atomic E-state index is 0.0535. The van der Waals surface area contributed by atoms with Crippen LogP contribution in [-0.2, 0) is 11.2 Å². The Morgan fingerprint density at radius 1 is 1.36 bits per heavy atom. The predicted molar refractivity (Wildman–Crippen MR) is 77.1 cm³/mol. The Balaban J connectivity index is 2.76. The average Bonchev–Trinajstić information content (AvgIpc) is 2.29. The van der Waals surface area contributed by atoms with Crippen LogP contribution in [0.1, 0.15) is 26.3 Å². The van der Waals surface area contributed by atoms with Crippen LogP contribution in [0.2, 0.25) is 5.02 Å². The normalized spacial score (nSPS) is 13.6. The second-order valence-electron chi connectivity index (χ2n) is 5.70. The Hall–Kier alpha value is -1.47. The molecule has 1 rings (SSSR count). The van der Waals surface area contributed by atoms with Crippen LogP contribution in [0, 0.1) is 0 Å². The molecule has 0 spiro atoms. The standard InChI is InChI=1S/C14H17ClF3NO3/c1-13(2,3)22-12(21)19-10-5-4-8(6-9(10)15)7-11(20)14(16,17)18/h4-6,11,20H,7H2,1-3H3,(H,19,21).